The van der Waals surface area contributed by atoms with Gasteiger partial charge in [0.2, 0.25) is 5.91 Å². The molecule has 0 atom stereocenters. The van der Waals surface area contributed by atoms with Crippen LogP contribution in [0.15, 0.2) is 18.3 Å². The van der Waals surface area contributed by atoms with E-state index in [1.54, 1.807) is 29.9 Å². The highest BCUT2D eigenvalue weighted by molar-refractivity contribution is 5.98. The molecule has 1 N–H and O–H groups in total. The average molecular weight is 289 g/mol. The molecule has 0 saturated heterocycles. The summed E-state index contributed by atoms with van der Waals surface area (Å²) in [5.41, 5.74) is 1.19. The molecule has 0 bridgehead atoms. The lowest BCUT2D eigenvalue weighted by Gasteiger charge is -2.17. The second-order valence-corrected chi connectivity index (χ2v) is 5.92. The molecular weight excluding hydrogens is 270 g/mol. The van der Waals surface area contributed by atoms with E-state index in [2.05, 4.69) is 10.3 Å². The van der Waals surface area contributed by atoms with Gasteiger partial charge in [-0.25, -0.2) is 9.78 Å². The quantitative estimate of drug-likeness (QED) is 0.861. The number of methoxy groups -OCH3 is 1. The number of hydrogen-bond acceptors (Lipinski definition) is 4. The summed E-state index contributed by atoms with van der Waals surface area (Å²) in [6, 6.07) is 3.49. The minimum absolute atomic E-state index is 0.0900. The monoisotopic (exact) mass is 289 g/mol. The van der Waals surface area contributed by atoms with Crippen molar-refractivity contribution in [3.05, 3.63) is 24.0 Å². The van der Waals surface area contributed by atoms with E-state index in [-0.39, 0.29) is 5.91 Å². The highest BCUT2D eigenvalue weighted by atomic mass is 16.5. The third kappa shape index (κ3) is 2.89. The molecule has 0 saturated carbocycles. The minimum Gasteiger partial charge on any atom is -0.464 e. The number of aryl methyl sites for hydroxylation is 1. The Balaban J connectivity index is 2.39. The van der Waals surface area contributed by atoms with Crippen molar-refractivity contribution in [2.75, 3.05) is 12.4 Å². The van der Waals surface area contributed by atoms with Gasteiger partial charge in [0.05, 0.1) is 19.0 Å². The molecule has 0 aliphatic rings. The summed E-state index contributed by atoms with van der Waals surface area (Å²) in [6.07, 6.45) is 1.58. The standard InChI is InChI=1S/C15H19N3O3/c1-15(2,3)14(20)17-10-6-9-7-11(13(19)21-5)18(4)12(9)16-8-10/h6-8H,1-5H3,(H,17,20). The first-order valence-electron chi connectivity index (χ1n) is 6.59. The fraction of sp³-hybridized carbons (Fsp3) is 0.400. The number of pyridine rings is 1. The summed E-state index contributed by atoms with van der Waals surface area (Å²) < 4.78 is 6.39. The molecule has 0 radical (unpaired) electrons. The zero-order chi connectivity index (χ0) is 15.8. The number of amides is 1. The fourth-order valence-corrected chi connectivity index (χ4v) is 1.91. The van der Waals surface area contributed by atoms with Crippen LogP contribution in [0, 0.1) is 5.41 Å². The highest BCUT2D eigenvalue weighted by Gasteiger charge is 2.22. The Kier molecular flexibility index (Phi) is 3.72. The Morgan fingerprint density at radius 3 is 2.52 bits per heavy atom. The summed E-state index contributed by atoms with van der Waals surface area (Å²) in [4.78, 5) is 27.9. The van der Waals surface area contributed by atoms with Crippen LogP contribution in [-0.2, 0) is 16.6 Å². The maximum Gasteiger partial charge on any atom is 0.354 e. The Hall–Kier alpha value is -2.37. The largest absolute Gasteiger partial charge is 0.464 e. The van der Waals surface area contributed by atoms with Crippen LogP contribution >= 0.6 is 0 Å². The first kappa shape index (κ1) is 15.0. The zero-order valence-corrected chi connectivity index (χ0v) is 12.9. The number of fused-ring (bicyclic) bond motifs is 1. The van der Waals surface area contributed by atoms with Crippen molar-refractivity contribution >= 4 is 28.6 Å². The fourth-order valence-electron chi connectivity index (χ4n) is 1.91. The lowest BCUT2D eigenvalue weighted by Crippen LogP contribution is -2.27. The smallest absolute Gasteiger partial charge is 0.354 e. The lowest BCUT2D eigenvalue weighted by atomic mass is 9.95. The maximum atomic E-state index is 12.0. The number of nitrogens with zero attached hydrogens (tertiary/aromatic N) is 2. The van der Waals surface area contributed by atoms with Gasteiger partial charge in [-0.05, 0) is 12.1 Å². The number of hydrogen-bond donors (Lipinski definition) is 1. The van der Waals surface area contributed by atoms with E-state index in [4.69, 9.17) is 4.74 Å². The van der Waals surface area contributed by atoms with E-state index in [1.165, 1.54) is 7.11 Å². The van der Waals surface area contributed by atoms with Gasteiger partial charge >= 0.3 is 5.97 Å². The molecule has 2 aromatic rings. The third-order valence-electron chi connectivity index (χ3n) is 3.20. The van der Waals surface area contributed by atoms with E-state index >= 15 is 0 Å². The summed E-state index contributed by atoms with van der Waals surface area (Å²) in [6.45, 7) is 5.52. The van der Waals surface area contributed by atoms with Crippen molar-refractivity contribution in [3.8, 4) is 0 Å². The van der Waals surface area contributed by atoms with Crippen LogP contribution in [0.1, 0.15) is 31.3 Å². The first-order chi connectivity index (χ1) is 9.74. The molecule has 0 unspecified atom stereocenters. The van der Waals surface area contributed by atoms with E-state index in [0.717, 1.165) is 5.39 Å². The molecule has 2 aromatic heterocycles. The van der Waals surface area contributed by atoms with Crippen LogP contribution in [0.4, 0.5) is 5.69 Å². The van der Waals surface area contributed by atoms with Gasteiger partial charge in [0, 0.05) is 17.8 Å². The van der Waals surface area contributed by atoms with Crippen molar-refractivity contribution in [2.45, 2.75) is 20.8 Å². The molecule has 0 aliphatic carbocycles. The SMILES string of the molecule is COC(=O)c1cc2cc(NC(=O)C(C)(C)C)cnc2n1C. The molecule has 0 aliphatic heterocycles. The normalized spacial score (nSPS) is 11.5. The maximum absolute atomic E-state index is 12.0. The summed E-state index contributed by atoms with van der Waals surface area (Å²) >= 11 is 0. The van der Waals surface area contributed by atoms with Gasteiger partial charge in [0.1, 0.15) is 11.3 Å². The number of aromatic nitrogens is 2. The summed E-state index contributed by atoms with van der Waals surface area (Å²) in [7, 11) is 3.08. The van der Waals surface area contributed by atoms with E-state index in [1.807, 2.05) is 20.8 Å². The predicted molar refractivity (Wildman–Crippen MR) is 80.1 cm³/mol. The Morgan fingerprint density at radius 1 is 1.29 bits per heavy atom. The summed E-state index contributed by atoms with van der Waals surface area (Å²) in [5, 5.41) is 3.59. The zero-order valence-electron chi connectivity index (χ0n) is 12.9. The van der Waals surface area contributed by atoms with Gasteiger partial charge in [-0.1, -0.05) is 20.8 Å². The molecule has 0 spiro atoms. The van der Waals surface area contributed by atoms with E-state index in [0.29, 0.717) is 17.0 Å². The molecule has 1 amide bonds. The van der Waals surface area contributed by atoms with Crippen molar-refractivity contribution in [3.63, 3.8) is 0 Å². The van der Waals surface area contributed by atoms with Crippen LogP contribution in [-0.4, -0.2) is 28.5 Å². The number of nitrogens with one attached hydrogen (secondary N) is 1. The average Bonchev–Trinajstić information content (AvgIpc) is 2.74. The third-order valence-corrected chi connectivity index (χ3v) is 3.20. The van der Waals surface area contributed by atoms with Gasteiger partial charge < -0.3 is 14.6 Å². The van der Waals surface area contributed by atoms with Crippen LogP contribution in [0.25, 0.3) is 11.0 Å². The molecule has 2 heterocycles. The van der Waals surface area contributed by atoms with Crippen molar-refractivity contribution in [2.24, 2.45) is 12.5 Å². The predicted octanol–water partition coefficient (Wildman–Crippen LogP) is 2.34. The van der Waals surface area contributed by atoms with Gasteiger partial charge in [-0.2, -0.15) is 0 Å². The van der Waals surface area contributed by atoms with Gasteiger partial charge in [-0.15, -0.1) is 0 Å². The van der Waals surface area contributed by atoms with Crippen LogP contribution in [0.2, 0.25) is 0 Å². The molecule has 112 valence electrons. The van der Waals surface area contributed by atoms with E-state index in [9.17, 15) is 9.59 Å². The number of anilines is 1. The Morgan fingerprint density at radius 2 is 1.95 bits per heavy atom. The second-order valence-electron chi connectivity index (χ2n) is 5.92. The van der Waals surface area contributed by atoms with Gasteiger partial charge in [0.25, 0.3) is 0 Å². The molecule has 6 nitrogen and oxygen atoms in total. The second kappa shape index (κ2) is 5.20. The Labute approximate surface area is 123 Å². The number of carbonyl (C=O) groups is 2. The van der Waals surface area contributed by atoms with Crippen LogP contribution in [0.3, 0.4) is 0 Å². The number of carbonyl (C=O) groups excluding carboxylic acids is 2. The number of rotatable bonds is 2. The van der Waals surface area contributed by atoms with Gasteiger partial charge in [0.15, 0.2) is 0 Å². The highest BCUT2D eigenvalue weighted by Crippen LogP contribution is 2.22. The summed E-state index contributed by atoms with van der Waals surface area (Å²) in [5.74, 6) is -0.511. The lowest BCUT2D eigenvalue weighted by molar-refractivity contribution is -0.123. The molecule has 0 aromatic carbocycles. The van der Waals surface area contributed by atoms with Crippen molar-refractivity contribution in [1.29, 1.82) is 0 Å². The van der Waals surface area contributed by atoms with E-state index < -0.39 is 11.4 Å². The molecule has 2 rings (SSSR count). The van der Waals surface area contributed by atoms with Crippen LogP contribution in [0.5, 0.6) is 0 Å². The van der Waals surface area contributed by atoms with Gasteiger partial charge in [-0.3, -0.25) is 4.79 Å². The van der Waals surface area contributed by atoms with Crippen LogP contribution < -0.4 is 5.32 Å². The number of esters is 1. The molecule has 0 fully saturated rings. The van der Waals surface area contributed by atoms with Crippen molar-refractivity contribution < 1.29 is 14.3 Å². The minimum atomic E-state index is -0.483. The first-order valence-corrected chi connectivity index (χ1v) is 6.59. The molecule has 6 heteroatoms. The van der Waals surface area contributed by atoms with Crippen molar-refractivity contribution in [1.82, 2.24) is 9.55 Å². The molecule has 21 heavy (non-hydrogen) atoms. The molecular formula is C15H19N3O3. The Bertz CT molecular complexity index is 711. The topological polar surface area (TPSA) is 73.2 Å². The number of ether oxygens (including phenoxy) is 1.